The van der Waals surface area contributed by atoms with E-state index in [0.29, 0.717) is 6.54 Å². The fourth-order valence-electron chi connectivity index (χ4n) is 4.41. The van der Waals surface area contributed by atoms with Gasteiger partial charge >= 0.3 is 0 Å². The van der Waals surface area contributed by atoms with E-state index in [1.807, 2.05) is 48.5 Å². The second-order valence-corrected chi connectivity index (χ2v) is 8.52. The van der Waals surface area contributed by atoms with E-state index < -0.39 is 0 Å². The third-order valence-corrected chi connectivity index (χ3v) is 6.42. The highest BCUT2D eigenvalue weighted by Crippen LogP contribution is 2.34. The van der Waals surface area contributed by atoms with Gasteiger partial charge in [-0.3, -0.25) is 4.90 Å². The highest BCUT2D eigenvalue weighted by Gasteiger charge is 2.36. The molecule has 2 heterocycles. The highest BCUT2D eigenvalue weighted by atomic mass is 16.5. The summed E-state index contributed by atoms with van der Waals surface area (Å²) in [6.07, 6.45) is 1.75. The predicted octanol–water partition coefficient (Wildman–Crippen LogP) is 4.34. The minimum absolute atomic E-state index is 0.349. The number of likely N-dealkylation sites (N-methyl/N-ethyl adjacent to an activating group) is 1. The molecule has 1 aliphatic rings. The van der Waals surface area contributed by atoms with Crippen molar-refractivity contribution in [1.29, 1.82) is 5.26 Å². The van der Waals surface area contributed by atoms with Crippen LogP contribution in [-0.4, -0.2) is 55.3 Å². The Morgan fingerprint density at radius 3 is 2.56 bits per heavy atom. The molecule has 1 aliphatic heterocycles. The first-order valence-electron chi connectivity index (χ1n) is 11.1. The van der Waals surface area contributed by atoms with E-state index in [2.05, 4.69) is 40.2 Å². The first-order chi connectivity index (χ1) is 15.6. The summed E-state index contributed by atoms with van der Waals surface area (Å²) in [5, 5.41) is 14.1. The molecule has 0 saturated carbocycles. The zero-order chi connectivity index (χ0) is 22.4. The zero-order valence-electron chi connectivity index (χ0n) is 18.8. The normalized spacial score (nSPS) is 16.1. The lowest BCUT2D eigenvalue weighted by atomic mass is 9.74. The van der Waals surface area contributed by atoms with Crippen molar-refractivity contribution in [3.05, 3.63) is 72.0 Å². The fourth-order valence-corrected chi connectivity index (χ4v) is 4.41. The lowest BCUT2D eigenvalue weighted by Crippen LogP contribution is -2.44. The van der Waals surface area contributed by atoms with Gasteiger partial charge in [0.2, 0.25) is 0 Å². The Bertz CT molecular complexity index is 1050. The van der Waals surface area contributed by atoms with Crippen LogP contribution in [0.3, 0.4) is 0 Å². The Morgan fingerprint density at radius 1 is 1.12 bits per heavy atom. The summed E-state index contributed by atoms with van der Waals surface area (Å²) in [6, 6.07) is 22.6. The summed E-state index contributed by atoms with van der Waals surface area (Å²) in [5.41, 5.74) is 2.52. The average Bonchev–Trinajstić information content (AvgIpc) is 3.31. The molecule has 4 rings (SSSR count). The first kappa shape index (κ1) is 22.1. The van der Waals surface area contributed by atoms with Crippen molar-refractivity contribution in [2.75, 3.05) is 40.3 Å². The maximum atomic E-state index is 9.88. The standard InChI is InChI=1S/C26H30N4O2/c1-29(19-22-18-24(28-32-22)23-10-6-7-11-25(23)31-2)16-17-30-14-12-26(20-27,13-15-30)21-8-4-3-5-9-21/h3-11,18H,12-17,19H2,1-2H3. The Labute approximate surface area is 190 Å². The summed E-state index contributed by atoms with van der Waals surface area (Å²) in [6.45, 7) is 4.48. The van der Waals surface area contributed by atoms with Gasteiger partial charge in [-0.25, -0.2) is 0 Å². The van der Waals surface area contributed by atoms with Gasteiger partial charge in [0.1, 0.15) is 11.4 Å². The molecule has 0 radical (unpaired) electrons. The molecule has 0 bridgehead atoms. The van der Waals surface area contributed by atoms with Crippen molar-refractivity contribution in [2.45, 2.75) is 24.8 Å². The minimum atomic E-state index is -0.349. The maximum absolute atomic E-state index is 9.88. The third-order valence-electron chi connectivity index (χ3n) is 6.42. The molecule has 1 saturated heterocycles. The molecular formula is C26H30N4O2. The summed E-state index contributed by atoms with van der Waals surface area (Å²) in [5.74, 6) is 1.62. The van der Waals surface area contributed by atoms with Gasteiger partial charge < -0.3 is 14.2 Å². The van der Waals surface area contributed by atoms with E-state index in [1.54, 1.807) is 7.11 Å². The van der Waals surface area contributed by atoms with E-state index in [9.17, 15) is 5.26 Å². The smallest absolute Gasteiger partial charge is 0.151 e. The van der Waals surface area contributed by atoms with Gasteiger partial charge in [-0.15, -0.1) is 0 Å². The number of aromatic nitrogens is 1. The maximum Gasteiger partial charge on any atom is 0.151 e. The number of para-hydroxylation sites is 1. The molecule has 0 unspecified atom stereocenters. The van der Waals surface area contributed by atoms with Crippen molar-refractivity contribution in [3.63, 3.8) is 0 Å². The molecule has 1 aromatic heterocycles. The molecule has 0 atom stereocenters. The van der Waals surface area contributed by atoms with Crippen molar-refractivity contribution >= 4 is 0 Å². The molecule has 6 nitrogen and oxygen atoms in total. The number of nitrogens with zero attached hydrogens (tertiary/aromatic N) is 4. The largest absolute Gasteiger partial charge is 0.496 e. The topological polar surface area (TPSA) is 65.5 Å². The average molecular weight is 431 g/mol. The predicted molar refractivity (Wildman–Crippen MR) is 124 cm³/mol. The van der Waals surface area contributed by atoms with E-state index in [0.717, 1.165) is 67.4 Å². The summed E-state index contributed by atoms with van der Waals surface area (Å²) in [4.78, 5) is 4.70. The summed E-state index contributed by atoms with van der Waals surface area (Å²) in [7, 11) is 3.76. The molecule has 0 aliphatic carbocycles. The lowest BCUT2D eigenvalue weighted by Gasteiger charge is -2.38. The number of benzene rings is 2. The number of methoxy groups -OCH3 is 1. The quantitative estimate of drug-likeness (QED) is 0.530. The Balaban J connectivity index is 1.28. The highest BCUT2D eigenvalue weighted by molar-refractivity contribution is 5.66. The van der Waals surface area contributed by atoms with E-state index in [-0.39, 0.29) is 5.41 Å². The Hall–Kier alpha value is -3.14. The van der Waals surface area contributed by atoms with Crippen LogP contribution in [0.4, 0.5) is 0 Å². The van der Waals surface area contributed by atoms with Crippen LogP contribution in [0.1, 0.15) is 24.2 Å². The van der Waals surface area contributed by atoms with E-state index in [4.69, 9.17) is 9.26 Å². The number of ether oxygens (including phenoxy) is 1. The molecule has 2 aromatic carbocycles. The van der Waals surface area contributed by atoms with Crippen molar-refractivity contribution in [3.8, 4) is 23.1 Å². The zero-order valence-corrected chi connectivity index (χ0v) is 18.8. The minimum Gasteiger partial charge on any atom is -0.496 e. The fraction of sp³-hybridized carbons (Fsp3) is 0.385. The number of piperidine rings is 1. The van der Waals surface area contributed by atoms with Crippen LogP contribution in [0.25, 0.3) is 11.3 Å². The molecule has 6 heteroatoms. The van der Waals surface area contributed by atoms with Gasteiger partial charge in [0.05, 0.1) is 25.1 Å². The second kappa shape index (κ2) is 9.99. The summed E-state index contributed by atoms with van der Waals surface area (Å²) >= 11 is 0. The number of likely N-dealkylation sites (tertiary alicyclic amines) is 1. The third kappa shape index (κ3) is 4.85. The van der Waals surface area contributed by atoms with Crippen LogP contribution < -0.4 is 4.74 Å². The molecule has 0 N–H and O–H groups in total. The molecule has 32 heavy (non-hydrogen) atoms. The monoisotopic (exact) mass is 430 g/mol. The summed E-state index contributed by atoms with van der Waals surface area (Å²) < 4.78 is 11.0. The molecule has 3 aromatic rings. The van der Waals surface area contributed by atoms with Crippen LogP contribution in [0.2, 0.25) is 0 Å². The Morgan fingerprint density at radius 2 is 1.84 bits per heavy atom. The van der Waals surface area contributed by atoms with Gasteiger partial charge in [-0.2, -0.15) is 5.26 Å². The second-order valence-electron chi connectivity index (χ2n) is 8.52. The van der Waals surface area contributed by atoms with Crippen LogP contribution in [-0.2, 0) is 12.0 Å². The number of nitriles is 1. The van der Waals surface area contributed by atoms with E-state index in [1.165, 1.54) is 0 Å². The van der Waals surface area contributed by atoms with Gasteiger partial charge in [-0.05, 0) is 37.6 Å². The lowest BCUT2D eigenvalue weighted by molar-refractivity contribution is 0.160. The number of hydrogen-bond donors (Lipinski definition) is 0. The van der Waals surface area contributed by atoms with Crippen LogP contribution in [0.5, 0.6) is 5.75 Å². The first-order valence-corrected chi connectivity index (χ1v) is 11.1. The number of hydrogen-bond acceptors (Lipinski definition) is 6. The molecule has 0 spiro atoms. The van der Waals surface area contributed by atoms with Gasteiger partial charge in [0.25, 0.3) is 0 Å². The van der Waals surface area contributed by atoms with E-state index >= 15 is 0 Å². The SMILES string of the molecule is COc1ccccc1-c1cc(CN(C)CCN2CCC(C#N)(c3ccccc3)CC2)on1. The molecular weight excluding hydrogens is 400 g/mol. The van der Waals surface area contributed by atoms with Gasteiger partial charge in [0.15, 0.2) is 5.76 Å². The Kier molecular flexibility index (Phi) is 6.89. The van der Waals surface area contributed by atoms with Crippen molar-refractivity contribution < 1.29 is 9.26 Å². The molecule has 166 valence electrons. The molecule has 0 amide bonds. The molecule has 1 fully saturated rings. The van der Waals surface area contributed by atoms with Crippen LogP contribution in [0, 0.1) is 11.3 Å². The van der Waals surface area contributed by atoms with Gasteiger partial charge in [-0.1, -0.05) is 47.6 Å². The number of rotatable bonds is 8. The van der Waals surface area contributed by atoms with Crippen LogP contribution in [0.15, 0.2) is 65.2 Å². The van der Waals surface area contributed by atoms with Gasteiger partial charge in [0, 0.05) is 37.8 Å². The van der Waals surface area contributed by atoms with Crippen LogP contribution >= 0.6 is 0 Å². The van der Waals surface area contributed by atoms with Crippen molar-refractivity contribution in [2.24, 2.45) is 0 Å². The van der Waals surface area contributed by atoms with Crippen molar-refractivity contribution in [1.82, 2.24) is 15.0 Å².